The summed E-state index contributed by atoms with van der Waals surface area (Å²) in [7, 11) is -2.26. The zero-order valence-electron chi connectivity index (χ0n) is 9.38. The molecule has 0 saturated heterocycles. The Kier molecular flexibility index (Phi) is 3.71. The SMILES string of the molecule is CCC(C#N)S(=O)(=O)Nc1nn(C)cc1C#N. The van der Waals surface area contributed by atoms with Gasteiger partial charge < -0.3 is 0 Å². The van der Waals surface area contributed by atoms with Crippen LogP contribution in [0.15, 0.2) is 6.20 Å². The molecule has 1 rings (SSSR count). The second-order valence-corrected chi connectivity index (χ2v) is 5.21. The standard InChI is InChI=1S/C9H11N5O2S/c1-3-8(5-11)17(15,16)13-9-7(4-10)6-14(2)12-9/h6,8H,3H2,1-2H3,(H,12,13). The predicted molar refractivity (Wildman–Crippen MR) is 60.2 cm³/mol. The molecule has 17 heavy (non-hydrogen) atoms. The monoisotopic (exact) mass is 253 g/mol. The quantitative estimate of drug-likeness (QED) is 0.831. The van der Waals surface area contributed by atoms with Gasteiger partial charge in [0.15, 0.2) is 11.1 Å². The highest BCUT2D eigenvalue weighted by Crippen LogP contribution is 2.15. The van der Waals surface area contributed by atoms with Crippen LogP contribution in [-0.4, -0.2) is 23.4 Å². The van der Waals surface area contributed by atoms with Crippen molar-refractivity contribution in [1.82, 2.24) is 9.78 Å². The zero-order chi connectivity index (χ0) is 13.1. The lowest BCUT2D eigenvalue weighted by molar-refractivity contribution is 0.592. The van der Waals surface area contributed by atoms with Crippen molar-refractivity contribution in [3.05, 3.63) is 11.8 Å². The van der Waals surface area contributed by atoms with Gasteiger partial charge >= 0.3 is 0 Å². The molecule has 1 unspecified atom stereocenters. The highest BCUT2D eigenvalue weighted by atomic mass is 32.2. The number of aromatic nitrogens is 2. The summed E-state index contributed by atoms with van der Waals surface area (Å²) in [5, 5.41) is 20.1. The third-order valence-electron chi connectivity index (χ3n) is 2.08. The van der Waals surface area contributed by atoms with Crippen LogP contribution in [0.5, 0.6) is 0 Å². The predicted octanol–water partition coefficient (Wildman–Crippen LogP) is 0.336. The summed E-state index contributed by atoms with van der Waals surface area (Å²) in [5.74, 6) is -0.0521. The van der Waals surface area contributed by atoms with E-state index in [1.54, 1.807) is 20.0 Å². The summed E-state index contributed by atoms with van der Waals surface area (Å²) in [5.41, 5.74) is 0.115. The van der Waals surface area contributed by atoms with Gasteiger partial charge in [0.25, 0.3) is 0 Å². The van der Waals surface area contributed by atoms with E-state index >= 15 is 0 Å². The summed E-state index contributed by atoms with van der Waals surface area (Å²) in [6.07, 6.45) is 1.56. The van der Waals surface area contributed by atoms with Gasteiger partial charge in [-0.05, 0) is 6.42 Å². The van der Waals surface area contributed by atoms with E-state index in [0.29, 0.717) is 0 Å². The summed E-state index contributed by atoms with van der Waals surface area (Å²) in [6.45, 7) is 1.59. The first-order chi connectivity index (χ1) is 7.94. The van der Waals surface area contributed by atoms with E-state index < -0.39 is 15.3 Å². The molecule has 7 nitrogen and oxygen atoms in total. The van der Waals surface area contributed by atoms with Gasteiger partial charge in [-0.25, -0.2) is 8.42 Å². The molecule has 0 radical (unpaired) electrons. The molecular weight excluding hydrogens is 242 g/mol. The van der Waals surface area contributed by atoms with Gasteiger partial charge in [-0.2, -0.15) is 15.6 Å². The van der Waals surface area contributed by atoms with Crippen molar-refractivity contribution in [2.45, 2.75) is 18.6 Å². The van der Waals surface area contributed by atoms with Gasteiger partial charge in [0.1, 0.15) is 11.6 Å². The van der Waals surface area contributed by atoms with E-state index in [-0.39, 0.29) is 17.8 Å². The number of nitrogens with one attached hydrogen (secondary N) is 1. The van der Waals surface area contributed by atoms with Crippen LogP contribution < -0.4 is 4.72 Å². The van der Waals surface area contributed by atoms with E-state index in [9.17, 15) is 8.42 Å². The molecule has 0 aromatic carbocycles. The smallest absolute Gasteiger partial charge is 0.250 e. The number of hydrogen-bond acceptors (Lipinski definition) is 5. The van der Waals surface area contributed by atoms with Crippen molar-refractivity contribution in [1.29, 1.82) is 10.5 Å². The Labute approximate surface area is 99.3 Å². The Balaban J connectivity index is 3.07. The van der Waals surface area contributed by atoms with Crippen LogP contribution in [0.25, 0.3) is 0 Å². The number of aryl methyl sites for hydroxylation is 1. The zero-order valence-corrected chi connectivity index (χ0v) is 10.2. The van der Waals surface area contributed by atoms with Crippen molar-refractivity contribution in [2.75, 3.05) is 4.72 Å². The normalized spacial score (nSPS) is 12.5. The third kappa shape index (κ3) is 2.74. The number of sulfonamides is 1. The van der Waals surface area contributed by atoms with Crippen molar-refractivity contribution >= 4 is 15.8 Å². The van der Waals surface area contributed by atoms with Crippen LogP contribution in [0.4, 0.5) is 5.82 Å². The molecule has 1 N–H and O–H groups in total. The fraction of sp³-hybridized carbons (Fsp3) is 0.444. The third-order valence-corrected chi connectivity index (χ3v) is 3.74. The molecule has 90 valence electrons. The molecule has 0 spiro atoms. The Hall–Kier alpha value is -2.06. The molecule has 1 aromatic rings. The Morgan fingerprint density at radius 1 is 1.59 bits per heavy atom. The highest BCUT2D eigenvalue weighted by molar-refractivity contribution is 7.93. The molecule has 8 heteroatoms. The lowest BCUT2D eigenvalue weighted by Gasteiger charge is -2.08. The second kappa shape index (κ2) is 4.85. The Morgan fingerprint density at radius 3 is 2.71 bits per heavy atom. The van der Waals surface area contributed by atoms with Crippen LogP contribution >= 0.6 is 0 Å². The molecule has 1 atom stereocenters. The maximum Gasteiger partial charge on any atom is 0.250 e. The Bertz CT molecular complexity index is 590. The maximum atomic E-state index is 11.7. The van der Waals surface area contributed by atoms with Crippen LogP contribution in [0.2, 0.25) is 0 Å². The topological polar surface area (TPSA) is 112 Å². The van der Waals surface area contributed by atoms with Gasteiger partial charge in [-0.15, -0.1) is 0 Å². The average molecular weight is 253 g/mol. The van der Waals surface area contributed by atoms with Crippen molar-refractivity contribution in [3.8, 4) is 12.1 Å². The van der Waals surface area contributed by atoms with Crippen LogP contribution in [-0.2, 0) is 17.1 Å². The molecular formula is C9H11N5O2S. The molecule has 0 fully saturated rings. The number of hydrogen-bond donors (Lipinski definition) is 1. The first-order valence-corrected chi connectivity index (χ1v) is 6.34. The second-order valence-electron chi connectivity index (χ2n) is 3.35. The van der Waals surface area contributed by atoms with Crippen molar-refractivity contribution in [2.24, 2.45) is 7.05 Å². The van der Waals surface area contributed by atoms with E-state index in [1.807, 2.05) is 6.07 Å². The lowest BCUT2D eigenvalue weighted by Crippen LogP contribution is -2.26. The first kappa shape index (κ1) is 13.0. The summed E-state index contributed by atoms with van der Waals surface area (Å²) >= 11 is 0. The summed E-state index contributed by atoms with van der Waals surface area (Å²) < 4.78 is 27.0. The molecule has 0 saturated carbocycles. The van der Waals surface area contributed by atoms with Crippen molar-refractivity contribution in [3.63, 3.8) is 0 Å². The molecule has 0 aliphatic heterocycles. The van der Waals surface area contributed by atoms with E-state index in [1.165, 1.54) is 10.9 Å². The van der Waals surface area contributed by atoms with Crippen LogP contribution in [0, 0.1) is 22.7 Å². The van der Waals surface area contributed by atoms with Gasteiger partial charge in [-0.1, -0.05) is 6.92 Å². The van der Waals surface area contributed by atoms with Crippen LogP contribution in [0.3, 0.4) is 0 Å². The molecule has 1 heterocycles. The number of anilines is 1. The summed E-state index contributed by atoms with van der Waals surface area (Å²) in [6, 6.07) is 3.51. The number of nitriles is 2. The van der Waals surface area contributed by atoms with Crippen LogP contribution in [0.1, 0.15) is 18.9 Å². The molecule has 0 aliphatic rings. The largest absolute Gasteiger partial charge is 0.272 e. The number of nitrogens with zero attached hydrogens (tertiary/aromatic N) is 4. The first-order valence-electron chi connectivity index (χ1n) is 4.79. The average Bonchev–Trinajstić information content (AvgIpc) is 2.59. The van der Waals surface area contributed by atoms with E-state index in [0.717, 1.165) is 0 Å². The van der Waals surface area contributed by atoms with E-state index in [2.05, 4.69) is 9.82 Å². The number of rotatable bonds is 4. The molecule has 1 aromatic heterocycles. The van der Waals surface area contributed by atoms with Gasteiger partial charge in [-0.3, -0.25) is 9.40 Å². The fourth-order valence-electron chi connectivity index (χ4n) is 1.23. The molecule has 0 bridgehead atoms. The van der Waals surface area contributed by atoms with E-state index in [4.69, 9.17) is 10.5 Å². The minimum Gasteiger partial charge on any atom is -0.272 e. The molecule has 0 aliphatic carbocycles. The lowest BCUT2D eigenvalue weighted by atomic mass is 10.4. The molecule has 0 amide bonds. The highest BCUT2D eigenvalue weighted by Gasteiger charge is 2.25. The minimum absolute atomic E-state index is 0.0521. The van der Waals surface area contributed by atoms with Crippen molar-refractivity contribution < 1.29 is 8.42 Å². The van der Waals surface area contributed by atoms with Gasteiger partial charge in [0.05, 0.1) is 6.07 Å². The minimum atomic E-state index is -3.83. The van der Waals surface area contributed by atoms with Gasteiger partial charge in [0, 0.05) is 13.2 Å². The Morgan fingerprint density at radius 2 is 2.24 bits per heavy atom. The summed E-state index contributed by atoms with van der Waals surface area (Å²) in [4.78, 5) is 0. The van der Waals surface area contributed by atoms with Gasteiger partial charge in [0.2, 0.25) is 10.0 Å². The maximum absolute atomic E-state index is 11.7. The fourth-order valence-corrected chi connectivity index (χ4v) is 2.37.